The lowest BCUT2D eigenvalue weighted by atomic mass is 9.68. The van der Waals surface area contributed by atoms with E-state index in [0.29, 0.717) is 0 Å². The van der Waals surface area contributed by atoms with Gasteiger partial charge in [-0.2, -0.15) is 0 Å². The second-order valence-electron chi connectivity index (χ2n) is 37.6. The third-order valence-electron chi connectivity index (χ3n) is 29.2. The quantitative estimate of drug-likeness (QED) is 0.0848. The maximum absolute atomic E-state index is 2.43. The van der Waals surface area contributed by atoms with Gasteiger partial charge in [-0.15, -0.1) is 0 Å². The predicted molar refractivity (Wildman–Crippen MR) is 621 cm³/mol. The van der Waals surface area contributed by atoms with Crippen molar-refractivity contribution in [3.8, 4) is 89.0 Å². The van der Waals surface area contributed by atoms with Gasteiger partial charge in [0.2, 0.25) is 0 Å². The zero-order chi connectivity index (χ0) is 97.1. The van der Waals surface area contributed by atoms with Gasteiger partial charge in [-0.05, 0) is 268 Å². The number of benzene rings is 26. The van der Waals surface area contributed by atoms with Gasteiger partial charge in [0.05, 0.1) is 28.2 Å². The van der Waals surface area contributed by atoms with E-state index in [9.17, 15) is 0 Å². The van der Waals surface area contributed by atoms with Crippen molar-refractivity contribution in [2.45, 2.75) is 5.41 Å². The van der Waals surface area contributed by atoms with Crippen molar-refractivity contribution >= 4 is 127 Å². The van der Waals surface area contributed by atoms with E-state index in [2.05, 4.69) is 615 Å². The minimum atomic E-state index is -0.465. The smallest absolute Gasteiger partial charge is 0.0714 e. The molecule has 26 aromatic carbocycles. The summed E-state index contributed by atoms with van der Waals surface area (Å²) in [7, 11) is 0. The van der Waals surface area contributed by atoms with E-state index >= 15 is 0 Å². The van der Waals surface area contributed by atoms with Crippen molar-refractivity contribution in [2.24, 2.45) is 0 Å². The van der Waals surface area contributed by atoms with E-state index in [0.717, 1.165) is 39.8 Å². The molecule has 686 valence electrons. The molecule has 0 atom stereocenters. The van der Waals surface area contributed by atoms with Crippen molar-refractivity contribution in [1.82, 2.24) is 0 Å². The number of rotatable bonds is 18. The fourth-order valence-electron chi connectivity index (χ4n) is 22.4. The van der Waals surface area contributed by atoms with Gasteiger partial charge in [-0.3, -0.25) is 0 Å². The molecule has 0 N–H and O–H groups in total. The molecule has 0 aromatic heterocycles. The number of nitrogens with zero attached hydrogens (tertiary/aromatic N) is 3. The van der Waals surface area contributed by atoms with Gasteiger partial charge in [0, 0.05) is 50.2 Å². The first kappa shape index (κ1) is 88.4. The van der Waals surface area contributed by atoms with Crippen molar-refractivity contribution in [3.05, 3.63) is 623 Å². The third-order valence-corrected chi connectivity index (χ3v) is 29.2. The van der Waals surface area contributed by atoms with Gasteiger partial charge in [-0.1, -0.05) is 497 Å². The van der Waals surface area contributed by atoms with Crippen LogP contribution in [-0.4, -0.2) is 0 Å². The molecule has 3 nitrogen and oxygen atoms in total. The topological polar surface area (TPSA) is 9.72 Å². The highest BCUT2D eigenvalue weighted by molar-refractivity contribution is 6.08. The van der Waals surface area contributed by atoms with Crippen LogP contribution in [0.25, 0.3) is 164 Å². The number of hydrogen-bond donors (Lipinski definition) is 0. The Balaban J connectivity index is 0.000000115. The Labute approximate surface area is 852 Å². The number of para-hydroxylation sites is 1. The van der Waals surface area contributed by atoms with Crippen LogP contribution in [0.4, 0.5) is 51.2 Å². The summed E-state index contributed by atoms with van der Waals surface area (Å²) in [6, 6.07) is 218. The van der Waals surface area contributed by atoms with Crippen LogP contribution >= 0.6 is 0 Å². The summed E-state index contributed by atoms with van der Waals surface area (Å²) >= 11 is 0. The number of anilines is 9. The number of hydrogen-bond acceptors (Lipinski definition) is 3. The summed E-state index contributed by atoms with van der Waals surface area (Å²) in [6.45, 7) is 0. The number of fused-ring (bicyclic) bond motifs is 10. The molecule has 0 saturated heterocycles. The largest absolute Gasteiger partial charge is 0.310 e. The molecule has 0 aliphatic heterocycles. The first-order valence-electron chi connectivity index (χ1n) is 50.3. The standard InChI is InChI=1S/C53H37N.C48H33N.C42H29N/c1-5-17-39(18-6-1)46-27-15-19-41-37-40(33-36-47(41)46)38-31-34-45(35-32-38)54(44-24-11-4-12-25-44)51-30-16-29-50-52(51)48-26-13-14-28-49(48)53(50,42-20-7-2-8-21-42)43-22-9-3-10-23-43;1-2-11-35(12-3-1)44-21-9-17-40-33-39(27-32-46(40)44)34-23-28-41(29-24-34)49(48-22-10-16-37-14-5-7-19-47(37)48)42-30-25-38(26-31-42)45-20-8-15-36-13-4-6-18-43(36)45;1-2-11-31(12-3-1)37-20-8-17-35-29-34(25-28-38(35)37)30-23-26-36(27-24-30)43(41-21-9-15-32-13-4-6-18-39(32)41)42-22-10-16-33-14-5-7-19-40(33)42/h1-37H;1-33H;1-29H. The highest BCUT2D eigenvalue weighted by atomic mass is 15.2. The molecule has 0 fully saturated rings. The maximum atomic E-state index is 2.43. The van der Waals surface area contributed by atoms with E-state index in [4.69, 9.17) is 0 Å². The Morgan fingerprint density at radius 3 is 0.747 bits per heavy atom. The molecule has 146 heavy (non-hydrogen) atoms. The summed E-state index contributed by atoms with van der Waals surface area (Å²) in [4.78, 5) is 7.21. The van der Waals surface area contributed by atoms with E-state index in [1.165, 1.54) is 198 Å². The van der Waals surface area contributed by atoms with E-state index in [1.54, 1.807) is 0 Å². The van der Waals surface area contributed by atoms with Gasteiger partial charge >= 0.3 is 0 Å². The molecule has 1 aliphatic carbocycles. The van der Waals surface area contributed by atoms with Crippen LogP contribution < -0.4 is 14.7 Å². The molecule has 27 rings (SSSR count). The van der Waals surface area contributed by atoms with Gasteiger partial charge in [0.15, 0.2) is 0 Å². The molecule has 0 heterocycles. The van der Waals surface area contributed by atoms with Gasteiger partial charge < -0.3 is 14.7 Å². The van der Waals surface area contributed by atoms with Crippen LogP contribution in [0, 0.1) is 0 Å². The van der Waals surface area contributed by atoms with Crippen molar-refractivity contribution in [2.75, 3.05) is 14.7 Å². The molecule has 0 radical (unpaired) electrons. The fourth-order valence-corrected chi connectivity index (χ4v) is 22.4. The molecular formula is C143H99N3. The van der Waals surface area contributed by atoms with Gasteiger partial charge in [0.1, 0.15) is 0 Å². The van der Waals surface area contributed by atoms with Crippen molar-refractivity contribution in [3.63, 3.8) is 0 Å². The lowest BCUT2D eigenvalue weighted by Gasteiger charge is -2.34. The Morgan fingerprint density at radius 1 is 0.123 bits per heavy atom. The van der Waals surface area contributed by atoms with Gasteiger partial charge in [0.25, 0.3) is 0 Å². The van der Waals surface area contributed by atoms with Crippen LogP contribution in [0.5, 0.6) is 0 Å². The Hall–Kier alpha value is -19.1. The average Bonchev–Trinajstić information content (AvgIpc) is 1.53. The zero-order valence-electron chi connectivity index (χ0n) is 80.5. The Bertz CT molecular complexity index is 9120. The minimum Gasteiger partial charge on any atom is -0.310 e. The normalized spacial score (nSPS) is 11.8. The molecule has 0 unspecified atom stereocenters. The average molecular weight is 1860 g/mol. The lowest BCUT2D eigenvalue weighted by molar-refractivity contribution is 0.768. The second-order valence-corrected chi connectivity index (χ2v) is 37.6. The van der Waals surface area contributed by atoms with E-state index < -0.39 is 5.41 Å². The van der Waals surface area contributed by atoms with Crippen molar-refractivity contribution in [1.29, 1.82) is 0 Å². The zero-order valence-corrected chi connectivity index (χ0v) is 80.5. The molecule has 0 spiro atoms. The summed E-state index contributed by atoms with van der Waals surface area (Å²) in [6.07, 6.45) is 0. The van der Waals surface area contributed by atoms with Crippen LogP contribution in [0.1, 0.15) is 22.3 Å². The van der Waals surface area contributed by atoms with Gasteiger partial charge in [-0.25, -0.2) is 0 Å². The lowest BCUT2D eigenvalue weighted by Crippen LogP contribution is -2.28. The van der Waals surface area contributed by atoms with Crippen LogP contribution in [0.15, 0.2) is 601 Å². The van der Waals surface area contributed by atoms with Crippen molar-refractivity contribution < 1.29 is 0 Å². The van der Waals surface area contributed by atoms with E-state index in [1.807, 2.05) is 0 Å². The Kier molecular flexibility index (Phi) is 23.7. The molecule has 3 heteroatoms. The van der Waals surface area contributed by atoms with Crippen LogP contribution in [0.2, 0.25) is 0 Å². The molecule has 1 aliphatic rings. The van der Waals surface area contributed by atoms with Crippen LogP contribution in [0.3, 0.4) is 0 Å². The van der Waals surface area contributed by atoms with Crippen LogP contribution in [-0.2, 0) is 5.41 Å². The molecule has 0 amide bonds. The summed E-state index contributed by atoms with van der Waals surface area (Å²) in [5.74, 6) is 0. The first-order chi connectivity index (χ1) is 72.4. The minimum absolute atomic E-state index is 0.465. The fraction of sp³-hybridized carbons (Fsp3) is 0.00699. The first-order valence-corrected chi connectivity index (χ1v) is 50.3. The molecular weight excluding hydrogens is 1760 g/mol. The monoisotopic (exact) mass is 1860 g/mol. The molecule has 26 aromatic rings. The summed E-state index contributed by atoms with van der Waals surface area (Å²) in [5.41, 5.74) is 34.6. The summed E-state index contributed by atoms with van der Waals surface area (Å²) < 4.78 is 0. The van der Waals surface area contributed by atoms with E-state index in [-0.39, 0.29) is 0 Å². The predicted octanol–water partition coefficient (Wildman–Crippen LogP) is 39.6. The second kappa shape index (κ2) is 39.2. The Morgan fingerprint density at radius 2 is 0.356 bits per heavy atom. The summed E-state index contributed by atoms with van der Waals surface area (Å²) in [5, 5.41) is 17.4. The highest BCUT2D eigenvalue weighted by Crippen LogP contribution is 2.60. The highest BCUT2D eigenvalue weighted by Gasteiger charge is 2.47. The third kappa shape index (κ3) is 16.7. The SMILES string of the molecule is c1ccc(-c2cccc3cc(-c4ccc(N(c5ccc(-c6cccc7ccccc67)cc5)c5cccc6ccccc56)cc4)ccc23)cc1.c1ccc(-c2cccc3cc(-c4ccc(N(c5cccc6ccccc56)c5cccc6ccccc56)cc4)ccc23)cc1.c1ccc(-c2cccc3cc(-c4ccc(N(c5ccccc5)c5cccc6c5-c5ccccc5C6(c5ccccc5)c5ccccc5)cc4)ccc23)cc1. The maximum Gasteiger partial charge on any atom is 0.0714 e. The molecule has 0 saturated carbocycles. The molecule has 0 bridgehead atoms.